The standard InChI is InChI=1S/C12H26N2O2S/c1-4-14(12-6-5-8-13-10-12)17(15,16)9-7-11(2)3/h11-13H,4-10H2,1-3H3. The van der Waals surface area contributed by atoms with Crippen LogP contribution in [0.3, 0.4) is 0 Å². The highest BCUT2D eigenvalue weighted by molar-refractivity contribution is 7.89. The van der Waals surface area contributed by atoms with E-state index in [-0.39, 0.29) is 11.8 Å². The molecular formula is C12H26N2O2S. The van der Waals surface area contributed by atoms with Crippen molar-refractivity contribution in [2.45, 2.75) is 46.1 Å². The van der Waals surface area contributed by atoms with Crippen molar-refractivity contribution >= 4 is 10.0 Å². The predicted octanol–water partition coefficient (Wildman–Crippen LogP) is 1.44. The molecule has 102 valence electrons. The molecule has 1 rings (SSSR count). The first-order valence-electron chi connectivity index (χ1n) is 6.67. The molecule has 0 spiro atoms. The zero-order valence-electron chi connectivity index (χ0n) is 11.3. The summed E-state index contributed by atoms with van der Waals surface area (Å²) in [4.78, 5) is 0. The molecule has 1 unspecified atom stereocenters. The predicted molar refractivity (Wildman–Crippen MR) is 71.5 cm³/mol. The van der Waals surface area contributed by atoms with Gasteiger partial charge in [0.15, 0.2) is 0 Å². The number of nitrogens with zero attached hydrogens (tertiary/aromatic N) is 1. The highest BCUT2D eigenvalue weighted by atomic mass is 32.2. The van der Waals surface area contributed by atoms with Crippen LogP contribution in [0.4, 0.5) is 0 Å². The molecule has 1 fully saturated rings. The summed E-state index contributed by atoms with van der Waals surface area (Å²) in [5, 5.41) is 3.28. The van der Waals surface area contributed by atoms with Crippen LogP contribution in [0.5, 0.6) is 0 Å². The normalized spacial score (nSPS) is 22.3. The summed E-state index contributed by atoms with van der Waals surface area (Å²) >= 11 is 0. The lowest BCUT2D eigenvalue weighted by molar-refractivity contribution is 0.274. The molecular weight excluding hydrogens is 236 g/mol. The Morgan fingerprint density at radius 1 is 1.41 bits per heavy atom. The number of rotatable bonds is 6. The molecule has 17 heavy (non-hydrogen) atoms. The zero-order chi connectivity index (χ0) is 12.9. The van der Waals surface area contributed by atoms with E-state index in [2.05, 4.69) is 19.2 Å². The van der Waals surface area contributed by atoms with E-state index in [9.17, 15) is 8.42 Å². The van der Waals surface area contributed by atoms with Gasteiger partial charge in [0, 0.05) is 19.1 Å². The maximum atomic E-state index is 12.3. The van der Waals surface area contributed by atoms with E-state index in [4.69, 9.17) is 0 Å². The van der Waals surface area contributed by atoms with E-state index >= 15 is 0 Å². The molecule has 5 heteroatoms. The SMILES string of the molecule is CCN(C1CCCNC1)S(=O)(=O)CCC(C)C. The Morgan fingerprint density at radius 3 is 2.59 bits per heavy atom. The second-order valence-electron chi connectivity index (χ2n) is 5.20. The van der Waals surface area contributed by atoms with Gasteiger partial charge in [-0.25, -0.2) is 8.42 Å². The highest BCUT2D eigenvalue weighted by Crippen LogP contribution is 2.16. The third-order valence-corrected chi connectivity index (χ3v) is 5.32. The van der Waals surface area contributed by atoms with E-state index in [1.54, 1.807) is 4.31 Å². The Balaban J connectivity index is 2.63. The van der Waals surface area contributed by atoms with Crippen molar-refractivity contribution in [1.29, 1.82) is 0 Å². The van der Waals surface area contributed by atoms with Gasteiger partial charge in [-0.05, 0) is 31.7 Å². The van der Waals surface area contributed by atoms with Crippen molar-refractivity contribution in [2.24, 2.45) is 5.92 Å². The van der Waals surface area contributed by atoms with Crippen molar-refractivity contribution in [3.63, 3.8) is 0 Å². The molecule has 0 saturated carbocycles. The molecule has 0 aromatic heterocycles. The Kier molecular flexibility index (Phi) is 5.89. The molecule has 4 nitrogen and oxygen atoms in total. The fourth-order valence-electron chi connectivity index (χ4n) is 2.26. The summed E-state index contributed by atoms with van der Waals surface area (Å²) in [6.45, 7) is 8.46. The first-order chi connectivity index (χ1) is 7.97. The van der Waals surface area contributed by atoms with Crippen LogP contribution in [0, 0.1) is 5.92 Å². The van der Waals surface area contributed by atoms with Gasteiger partial charge >= 0.3 is 0 Å². The first kappa shape index (κ1) is 14.9. The lowest BCUT2D eigenvalue weighted by Crippen LogP contribution is -2.49. The maximum absolute atomic E-state index is 12.3. The van der Waals surface area contributed by atoms with Gasteiger partial charge in [0.2, 0.25) is 10.0 Å². The van der Waals surface area contributed by atoms with Gasteiger partial charge in [-0.1, -0.05) is 20.8 Å². The summed E-state index contributed by atoms with van der Waals surface area (Å²) in [7, 11) is -3.07. The molecule has 0 aromatic carbocycles. The van der Waals surface area contributed by atoms with Crippen LogP contribution in [0.15, 0.2) is 0 Å². The van der Waals surface area contributed by atoms with Crippen molar-refractivity contribution in [2.75, 3.05) is 25.4 Å². The van der Waals surface area contributed by atoms with E-state index in [0.29, 0.717) is 12.5 Å². The van der Waals surface area contributed by atoms with Gasteiger partial charge in [-0.15, -0.1) is 0 Å². The van der Waals surface area contributed by atoms with E-state index in [1.807, 2.05) is 6.92 Å². The molecule has 1 heterocycles. The minimum absolute atomic E-state index is 0.158. The van der Waals surface area contributed by atoms with Crippen LogP contribution in [-0.4, -0.2) is 44.2 Å². The Bertz CT molecular complexity index is 308. The van der Waals surface area contributed by atoms with Crippen molar-refractivity contribution < 1.29 is 8.42 Å². The molecule has 0 radical (unpaired) electrons. The summed E-state index contributed by atoms with van der Waals surface area (Å²) < 4.78 is 26.2. The van der Waals surface area contributed by atoms with Crippen LogP contribution in [0.2, 0.25) is 0 Å². The number of hydrogen-bond donors (Lipinski definition) is 1. The maximum Gasteiger partial charge on any atom is 0.214 e. The van der Waals surface area contributed by atoms with Crippen molar-refractivity contribution in [3.05, 3.63) is 0 Å². The van der Waals surface area contributed by atoms with Crippen molar-refractivity contribution in [3.8, 4) is 0 Å². The van der Waals surface area contributed by atoms with Gasteiger partial charge in [0.05, 0.1) is 5.75 Å². The molecule has 1 atom stereocenters. The fourth-order valence-corrected chi connectivity index (χ4v) is 4.29. The molecule has 1 saturated heterocycles. The smallest absolute Gasteiger partial charge is 0.214 e. The summed E-state index contributed by atoms with van der Waals surface area (Å²) in [5.41, 5.74) is 0. The van der Waals surface area contributed by atoms with Gasteiger partial charge < -0.3 is 5.32 Å². The molecule has 1 aliphatic rings. The van der Waals surface area contributed by atoms with E-state index in [0.717, 1.165) is 32.4 Å². The number of likely N-dealkylation sites (N-methyl/N-ethyl adjacent to an activating group) is 1. The Labute approximate surface area is 106 Å². The molecule has 0 amide bonds. The largest absolute Gasteiger partial charge is 0.315 e. The minimum Gasteiger partial charge on any atom is -0.315 e. The number of nitrogens with one attached hydrogen (secondary N) is 1. The summed E-state index contributed by atoms with van der Waals surface area (Å²) in [5.74, 6) is 0.725. The average molecular weight is 262 g/mol. The second kappa shape index (κ2) is 6.71. The second-order valence-corrected chi connectivity index (χ2v) is 7.24. The monoisotopic (exact) mass is 262 g/mol. The van der Waals surface area contributed by atoms with Crippen LogP contribution >= 0.6 is 0 Å². The van der Waals surface area contributed by atoms with E-state index in [1.165, 1.54) is 0 Å². The van der Waals surface area contributed by atoms with Gasteiger partial charge in [0.1, 0.15) is 0 Å². The highest BCUT2D eigenvalue weighted by Gasteiger charge is 2.29. The number of sulfonamides is 1. The Hall–Kier alpha value is -0.130. The van der Waals surface area contributed by atoms with Crippen LogP contribution in [0.25, 0.3) is 0 Å². The minimum atomic E-state index is -3.07. The topological polar surface area (TPSA) is 49.4 Å². The zero-order valence-corrected chi connectivity index (χ0v) is 12.1. The van der Waals surface area contributed by atoms with Gasteiger partial charge in [-0.3, -0.25) is 0 Å². The fraction of sp³-hybridized carbons (Fsp3) is 1.00. The van der Waals surface area contributed by atoms with Crippen LogP contribution in [0.1, 0.15) is 40.0 Å². The molecule has 0 bridgehead atoms. The van der Waals surface area contributed by atoms with Gasteiger partial charge in [-0.2, -0.15) is 4.31 Å². The van der Waals surface area contributed by atoms with Crippen LogP contribution < -0.4 is 5.32 Å². The summed E-state index contributed by atoms with van der Waals surface area (Å²) in [6.07, 6.45) is 2.81. The van der Waals surface area contributed by atoms with Crippen molar-refractivity contribution in [1.82, 2.24) is 9.62 Å². The first-order valence-corrected chi connectivity index (χ1v) is 8.28. The van der Waals surface area contributed by atoms with Crippen LogP contribution in [-0.2, 0) is 10.0 Å². The Morgan fingerprint density at radius 2 is 2.12 bits per heavy atom. The number of hydrogen-bond acceptors (Lipinski definition) is 3. The lowest BCUT2D eigenvalue weighted by Gasteiger charge is -2.33. The van der Waals surface area contributed by atoms with E-state index < -0.39 is 10.0 Å². The quantitative estimate of drug-likeness (QED) is 0.788. The number of piperidine rings is 1. The average Bonchev–Trinajstić information content (AvgIpc) is 2.29. The molecule has 1 aliphatic heterocycles. The molecule has 1 N–H and O–H groups in total. The third-order valence-electron chi connectivity index (χ3n) is 3.30. The summed E-state index contributed by atoms with van der Waals surface area (Å²) in [6, 6.07) is 0.158. The lowest BCUT2D eigenvalue weighted by atomic mass is 10.1. The molecule has 0 aromatic rings. The third kappa shape index (κ3) is 4.56. The molecule has 0 aliphatic carbocycles. The van der Waals surface area contributed by atoms with Gasteiger partial charge in [0.25, 0.3) is 0 Å².